The molecule has 0 atom stereocenters. The molecule has 1 aliphatic heterocycles. The highest BCUT2D eigenvalue weighted by molar-refractivity contribution is 9.10. The third-order valence-electron chi connectivity index (χ3n) is 1.77. The van der Waals surface area contributed by atoms with E-state index in [2.05, 4.69) is 20.9 Å². The summed E-state index contributed by atoms with van der Waals surface area (Å²) in [6.45, 7) is 0. The summed E-state index contributed by atoms with van der Waals surface area (Å²) in [5.74, 6) is 1.22. The first-order valence-electron chi connectivity index (χ1n) is 3.64. The summed E-state index contributed by atoms with van der Waals surface area (Å²) in [6, 6.07) is 2.02. The lowest BCUT2D eigenvalue weighted by Crippen LogP contribution is -2.00. The Morgan fingerprint density at radius 1 is 1.55 bits per heavy atom. The number of rotatable bonds is 0. The van der Waals surface area contributed by atoms with E-state index in [4.69, 9.17) is 0 Å². The van der Waals surface area contributed by atoms with Gasteiger partial charge in [-0.25, -0.2) is 4.98 Å². The Bertz CT molecular complexity index is 275. The quantitative estimate of drug-likeness (QED) is 0.679. The minimum absolute atomic E-state index is 1.18. The molecule has 1 nitrogen and oxygen atoms in total. The monoisotopic (exact) mass is 229 g/mol. The molecule has 2 rings (SSSR count). The minimum atomic E-state index is 1.18. The molecule has 58 valence electrons. The van der Waals surface area contributed by atoms with Crippen LogP contribution >= 0.6 is 27.7 Å². The van der Waals surface area contributed by atoms with Crippen LogP contribution in [-0.4, -0.2) is 10.7 Å². The second-order valence-corrected chi connectivity index (χ2v) is 4.47. The molecule has 0 bridgehead atoms. The van der Waals surface area contributed by atoms with Gasteiger partial charge in [0.2, 0.25) is 0 Å². The van der Waals surface area contributed by atoms with Gasteiger partial charge in [-0.1, -0.05) is 15.9 Å². The third-order valence-corrected chi connectivity index (χ3v) is 3.63. The maximum absolute atomic E-state index is 4.31. The van der Waals surface area contributed by atoms with Gasteiger partial charge in [-0.05, 0) is 30.2 Å². The zero-order valence-corrected chi connectivity index (χ0v) is 8.41. The Kier molecular flexibility index (Phi) is 2.18. The zero-order valence-electron chi connectivity index (χ0n) is 6.01. The van der Waals surface area contributed by atoms with E-state index < -0.39 is 0 Å². The number of halogens is 1. The molecule has 0 amide bonds. The fourth-order valence-corrected chi connectivity index (χ4v) is 2.86. The van der Waals surface area contributed by atoms with Crippen molar-refractivity contribution in [2.24, 2.45) is 0 Å². The lowest BCUT2D eigenvalue weighted by Gasteiger charge is -2.14. The van der Waals surface area contributed by atoms with Gasteiger partial charge in [-0.3, -0.25) is 0 Å². The van der Waals surface area contributed by atoms with Crippen molar-refractivity contribution in [3.8, 4) is 0 Å². The normalized spacial score (nSPS) is 16.1. The molecule has 1 aromatic rings. The van der Waals surface area contributed by atoms with E-state index in [0.29, 0.717) is 0 Å². The maximum atomic E-state index is 4.31. The summed E-state index contributed by atoms with van der Waals surface area (Å²) in [7, 11) is 0. The molecule has 2 heterocycles. The highest BCUT2D eigenvalue weighted by atomic mass is 79.9. The van der Waals surface area contributed by atoms with Crippen LogP contribution in [0.1, 0.15) is 12.0 Å². The van der Waals surface area contributed by atoms with Gasteiger partial charge in [0.1, 0.15) is 5.03 Å². The van der Waals surface area contributed by atoms with Crippen LogP contribution in [0.5, 0.6) is 0 Å². The molecule has 0 aromatic carbocycles. The first kappa shape index (κ1) is 7.62. The molecule has 1 aromatic heterocycles. The van der Waals surface area contributed by atoms with Gasteiger partial charge in [-0.2, -0.15) is 0 Å². The average molecular weight is 230 g/mol. The van der Waals surface area contributed by atoms with E-state index in [1.54, 1.807) is 0 Å². The summed E-state index contributed by atoms with van der Waals surface area (Å²) in [5, 5.41) is 1.21. The van der Waals surface area contributed by atoms with Gasteiger partial charge in [0.25, 0.3) is 0 Å². The van der Waals surface area contributed by atoms with E-state index in [1.807, 2.05) is 24.0 Å². The van der Waals surface area contributed by atoms with Crippen LogP contribution in [0.15, 0.2) is 21.8 Å². The molecule has 0 saturated carbocycles. The summed E-state index contributed by atoms with van der Waals surface area (Å²) in [5.41, 5.74) is 1.39. The Balaban J connectivity index is 2.49. The van der Waals surface area contributed by atoms with E-state index >= 15 is 0 Å². The first-order valence-corrected chi connectivity index (χ1v) is 5.42. The molecule has 0 spiro atoms. The van der Waals surface area contributed by atoms with Crippen molar-refractivity contribution in [3.05, 3.63) is 22.3 Å². The van der Waals surface area contributed by atoms with Gasteiger partial charge in [0.05, 0.1) is 0 Å². The molecule has 3 heteroatoms. The van der Waals surface area contributed by atoms with Crippen molar-refractivity contribution in [2.45, 2.75) is 17.9 Å². The SMILES string of the molecule is Brc1ccnc2c1CCCS2. The van der Waals surface area contributed by atoms with Crippen molar-refractivity contribution in [1.82, 2.24) is 4.98 Å². The van der Waals surface area contributed by atoms with E-state index in [0.717, 1.165) is 0 Å². The number of fused-ring (bicyclic) bond motifs is 1. The largest absolute Gasteiger partial charge is 0.250 e. The van der Waals surface area contributed by atoms with Gasteiger partial charge in [0.15, 0.2) is 0 Å². The fourth-order valence-electron chi connectivity index (χ4n) is 1.22. The van der Waals surface area contributed by atoms with E-state index in [9.17, 15) is 0 Å². The lowest BCUT2D eigenvalue weighted by molar-refractivity contribution is 0.851. The number of hydrogen-bond donors (Lipinski definition) is 0. The van der Waals surface area contributed by atoms with Crippen LogP contribution < -0.4 is 0 Å². The van der Waals surface area contributed by atoms with Gasteiger partial charge >= 0.3 is 0 Å². The molecule has 0 unspecified atom stereocenters. The summed E-state index contributed by atoms with van der Waals surface area (Å²) < 4.78 is 1.22. The Morgan fingerprint density at radius 3 is 3.27 bits per heavy atom. The van der Waals surface area contributed by atoms with Crippen molar-refractivity contribution < 1.29 is 0 Å². The second kappa shape index (κ2) is 3.15. The highest BCUT2D eigenvalue weighted by Crippen LogP contribution is 2.32. The molecule has 0 fully saturated rings. The summed E-state index contributed by atoms with van der Waals surface area (Å²) >= 11 is 5.39. The van der Waals surface area contributed by atoms with Crippen molar-refractivity contribution >= 4 is 27.7 Å². The predicted octanol–water partition coefficient (Wildman–Crippen LogP) is 2.88. The number of thioether (sulfide) groups is 1. The second-order valence-electron chi connectivity index (χ2n) is 2.53. The van der Waals surface area contributed by atoms with Gasteiger partial charge in [0, 0.05) is 10.7 Å². The predicted molar refractivity (Wildman–Crippen MR) is 51.0 cm³/mol. The number of nitrogens with zero attached hydrogens (tertiary/aromatic N) is 1. The number of pyridine rings is 1. The molecule has 0 N–H and O–H groups in total. The average Bonchev–Trinajstić information content (AvgIpc) is 2.06. The van der Waals surface area contributed by atoms with Crippen LogP contribution in [0.2, 0.25) is 0 Å². The molecule has 11 heavy (non-hydrogen) atoms. The third kappa shape index (κ3) is 1.44. The molecular formula is C8H8BrNS. The summed E-state index contributed by atoms with van der Waals surface area (Å²) in [4.78, 5) is 4.31. The van der Waals surface area contributed by atoms with Crippen LogP contribution in [0.4, 0.5) is 0 Å². The minimum Gasteiger partial charge on any atom is -0.250 e. The molecule has 0 aliphatic carbocycles. The molecule has 0 saturated heterocycles. The molecule has 0 radical (unpaired) electrons. The van der Waals surface area contributed by atoms with Gasteiger partial charge < -0.3 is 0 Å². The first-order chi connectivity index (χ1) is 5.38. The fraction of sp³-hybridized carbons (Fsp3) is 0.375. The maximum Gasteiger partial charge on any atom is 0.100 e. The van der Waals surface area contributed by atoms with Crippen molar-refractivity contribution in [1.29, 1.82) is 0 Å². The van der Waals surface area contributed by atoms with Crippen molar-refractivity contribution in [2.75, 3.05) is 5.75 Å². The zero-order chi connectivity index (χ0) is 7.68. The van der Waals surface area contributed by atoms with Crippen LogP contribution in [0.25, 0.3) is 0 Å². The lowest BCUT2D eigenvalue weighted by atomic mass is 10.2. The van der Waals surface area contributed by atoms with Gasteiger partial charge in [-0.15, -0.1) is 11.8 Å². The van der Waals surface area contributed by atoms with Crippen LogP contribution in [0.3, 0.4) is 0 Å². The van der Waals surface area contributed by atoms with Crippen LogP contribution in [-0.2, 0) is 6.42 Å². The highest BCUT2D eigenvalue weighted by Gasteiger charge is 2.12. The Morgan fingerprint density at radius 2 is 2.45 bits per heavy atom. The molecular weight excluding hydrogens is 222 g/mol. The Labute approximate surface area is 78.7 Å². The summed E-state index contributed by atoms with van der Waals surface area (Å²) in [6.07, 6.45) is 4.32. The van der Waals surface area contributed by atoms with Crippen LogP contribution in [0, 0.1) is 0 Å². The Hall–Kier alpha value is -0.0200. The van der Waals surface area contributed by atoms with Crippen molar-refractivity contribution in [3.63, 3.8) is 0 Å². The van der Waals surface area contributed by atoms with E-state index in [1.165, 1.54) is 33.7 Å². The van der Waals surface area contributed by atoms with E-state index in [-0.39, 0.29) is 0 Å². The smallest absolute Gasteiger partial charge is 0.100 e. The number of aromatic nitrogens is 1. The number of hydrogen-bond acceptors (Lipinski definition) is 2. The topological polar surface area (TPSA) is 12.9 Å². The molecule has 1 aliphatic rings. The standard InChI is InChI=1S/C8H8BrNS/c9-7-3-4-10-8-6(7)2-1-5-11-8/h3-4H,1-2,5H2.